The van der Waals surface area contributed by atoms with Crippen LogP contribution in [0.3, 0.4) is 0 Å². The predicted octanol–water partition coefficient (Wildman–Crippen LogP) is 4.43. The summed E-state index contributed by atoms with van der Waals surface area (Å²) in [5.74, 6) is 0.987. The molecule has 4 aromatic rings. The molecule has 152 valence electrons. The van der Waals surface area contributed by atoms with Crippen LogP contribution in [0.15, 0.2) is 60.1 Å². The van der Waals surface area contributed by atoms with Gasteiger partial charge in [0.1, 0.15) is 5.82 Å². The van der Waals surface area contributed by atoms with Gasteiger partial charge in [-0.15, -0.1) is 11.3 Å². The molecular weight excluding hydrogens is 390 g/mol. The Bertz CT molecular complexity index is 1130. The molecule has 0 unspecified atom stereocenters. The molecule has 0 saturated carbocycles. The van der Waals surface area contributed by atoms with E-state index in [-0.39, 0.29) is 0 Å². The van der Waals surface area contributed by atoms with Crippen LogP contribution in [-0.4, -0.2) is 52.6 Å². The molecule has 3 heterocycles. The predicted molar refractivity (Wildman–Crippen MR) is 124 cm³/mol. The quantitative estimate of drug-likeness (QED) is 0.483. The van der Waals surface area contributed by atoms with Gasteiger partial charge in [0.15, 0.2) is 0 Å². The lowest BCUT2D eigenvalue weighted by molar-refractivity contribution is 0.260. The van der Waals surface area contributed by atoms with E-state index in [2.05, 4.69) is 56.3 Å². The zero-order valence-electron chi connectivity index (χ0n) is 17.2. The van der Waals surface area contributed by atoms with Gasteiger partial charge in [0, 0.05) is 43.7 Å². The summed E-state index contributed by atoms with van der Waals surface area (Å²) in [6.45, 7) is 7.25. The lowest BCUT2D eigenvalue weighted by Gasteiger charge is -2.35. The van der Waals surface area contributed by atoms with Crippen molar-refractivity contribution in [2.75, 3.05) is 37.6 Å². The number of hydrogen-bond donors (Lipinski definition) is 0. The van der Waals surface area contributed by atoms with Crippen molar-refractivity contribution in [3.05, 3.63) is 70.7 Å². The molecule has 1 fully saturated rings. The molecule has 6 heteroatoms. The molecule has 2 aromatic carbocycles. The van der Waals surface area contributed by atoms with Crippen molar-refractivity contribution in [2.45, 2.75) is 13.3 Å². The normalized spacial score (nSPS) is 15.0. The molecule has 0 amide bonds. The van der Waals surface area contributed by atoms with Crippen LogP contribution in [0.5, 0.6) is 0 Å². The van der Waals surface area contributed by atoms with Gasteiger partial charge < -0.3 is 4.90 Å². The lowest BCUT2D eigenvalue weighted by Crippen LogP contribution is -2.47. The maximum atomic E-state index is 4.79. The second-order valence-electron chi connectivity index (χ2n) is 7.74. The summed E-state index contributed by atoms with van der Waals surface area (Å²) >= 11 is 1.70. The number of anilines is 1. The maximum Gasteiger partial charge on any atom is 0.147 e. The molecule has 0 aliphatic carbocycles. The first-order valence-electron chi connectivity index (χ1n) is 10.5. The summed E-state index contributed by atoms with van der Waals surface area (Å²) in [6.07, 6.45) is 2.98. The van der Waals surface area contributed by atoms with Gasteiger partial charge in [-0.2, -0.15) is 0 Å². The highest BCUT2D eigenvalue weighted by Gasteiger charge is 2.18. The number of benzene rings is 2. The van der Waals surface area contributed by atoms with Gasteiger partial charge in [0.05, 0.1) is 27.9 Å². The number of hydrogen-bond acceptors (Lipinski definition) is 6. The molecule has 0 N–H and O–H groups in total. The number of piperazine rings is 1. The molecule has 0 atom stereocenters. The third-order valence-corrected chi connectivity index (χ3v) is 6.49. The lowest BCUT2D eigenvalue weighted by atomic mass is 10.1. The fraction of sp³-hybridized carbons (Fsp3) is 0.292. The van der Waals surface area contributed by atoms with Crippen molar-refractivity contribution in [3.8, 4) is 11.3 Å². The van der Waals surface area contributed by atoms with E-state index in [1.807, 2.05) is 30.5 Å². The van der Waals surface area contributed by atoms with E-state index in [1.54, 1.807) is 11.3 Å². The van der Waals surface area contributed by atoms with Crippen molar-refractivity contribution in [1.29, 1.82) is 0 Å². The second-order valence-corrected chi connectivity index (χ2v) is 8.81. The second kappa shape index (κ2) is 8.50. The van der Waals surface area contributed by atoms with Gasteiger partial charge in [-0.1, -0.05) is 36.4 Å². The van der Waals surface area contributed by atoms with Crippen molar-refractivity contribution in [2.24, 2.45) is 0 Å². The Morgan fingerprint density at radius 3 is 2.40 bits per heavy atom. The van der Waals surface area contributed by atoms with Gasteiger partial charge in [-0.05, 0) is 31.0 Å². The Morgan fingerprint density at radius 1 is 0.900 bits per heavy atom. The summed E-state index contributed by atoms with van der Waals surface area (Å²) in [5, 5.41) is 3.24. The number of aromatic nitrogens is 3. The number of aryl methyl sites for hydroxylation is 1. The standard InChI is InChI=1S/C24H25N5S/c1-18-26-23(17-30-18)20-8-6-19(7-9-20)10-11-28-12-14-29(15-13-28)24-16-25-21-4-2-3-5-22(21)27-24/h2-9,16-17H,10-15H2,1H3. The average Bonchev–Trinajstić information content (AvgIpc) is 3.24. The summed E-state index contributed by atoms with van der Waals surface area (Å²) < 4.78 is 0. The molecule has 0 spiro atoms. The summed E-state index contributed by atoms with van der Waals surface area (Å²) in [6, 6.07) is 16.9. The van der Waals surface area contributed by atoms with Gasteiger partial charge in [-0.3, -0.25) is 9.88 Å². The monoisotopic (exact) mass is 415 g/mol. The molecule has 30 heavy (non-hydrogen) atoms. The van der Waals surface area contributed by atoms with E-state index in [4.69, 9.17) is 4.98 Å². The Labute approximate surface area is 181 Å². The van der Waals surface area contributed by atoms with E-state index in [0.717, 1.165) is 66.7 Å². The largest absolute Gasteiger partial charge is 0.353 e. The smallest absolute Gasteiger partial charge is 0.147 e. The Morgan fingerprint density at radius 2 is 1.67 bits per heavy atom. The highest BCUT2D eigenvalue weighted by Crippen LogP contribution is 2.22. The zero-order chi connectivity index (χ0) is 20.3. The van der Waals surface area contributed by atoms with Gasteiger partial charge in [0.25, 0.3) is 0 Å². The van der Waals surface area contributed by atoms with Gasteiger partial charge in [-0.25, -0.2) is 9.97 Å². The third-order valence-electron chi connectivity index (χ3n) is 5.72. The number of rotatable bonds is 5. The highest BCUT2D eigenvalue weighted by molar-refractivity contribution is 7.09. The average molecular weight is 416 g/mol. The van der Waals surface area contributed by atoms with E-state index in [1.165, 1.54) is 11.1 Å². The minimum atomic E-state index is 0.954. The number of nitrogens with zero attached hydrogens (tertiary/aromatic N) is 5. The fourth-order valence-electron chi connectivity index (χ4n) is 3.93. The molecular formula is C24H25N5S. The fourth-order valence-corrected chi connectivity index (χ4v) is 4.55. The first-order chi connectivity index (χ1) is 14.7. The topological polar surface area (TPSA) is 45.2 Å². The third kappa shape index (κ3) is 4.20. The molecule has 1 saturated heterocycles. The molecule has 0 bridgehead atoms. The van der Waals surface area contributed by atoms with Crippen LogP contribution in [0, 0.1) is 6.92 Å². The van der Waals surface area contributed by atoms with E-state index >= 15 is 0 Å². The van der Waals surface area contributed by atoms with Crippen LogP contribution in [0.1, 0.15) is 10.6 Å². The van der Waals surface area contributed by atoms with E-state index in [9.17, 15) is 0 Å². The van der Waals surface area contributed by atoms with Crippen molar-refractivity contribution < 1.29 is 0 Å². The number of para-hydroxylation sites is 2. The first kappa shape index (κ1) is 19.2. The Kier molecular flexibility index (Phi) is 5.43. The molecule has 2 aromatic heterocycles. The molecule has 1 aliphatic heterocycles. The first-order valence-corrected chi connectivity index (χ1v) is 11.3. The minimum absolute atomic E-state index is 0.954. The molecule has 5 nitrogen and oxygen atoms in total. The number of thiazole rings is 1. The van der Waals surface area contributed by atoms with Crippen LogP contribution in [0.4, 0.5) is 5.82 Å². The summed E-state index contributed by atoms with van der Waals surface area (Å²) in [7, 11) is 0. The van der Waals surface area contributed by atoms with Crippen molar-refractivity contribution in [1.82, 2.24) is 19.9 Å². The Hall–Kier alpha value is -2.83. The van der Waals surface area contributed by atoms with Crippen molar-refractivity contribution >= 4 is 28.2 Å². The molecule has 0 radical (unpaired) electrons. The van der Waals surface area contributed by atoms with Crippen LogP contribution >= 0.6 is 11.3 Å². The van der Waals surface area contributed by atoms with Crippen LogP contribution < -0.4 is 4.90 Å². The highest BCUT2D eigenvalue weighted by atomic mass is 32.1. The minimum Gasteiger partial charge on any atom is -0.353 e. The van der Waals surface area contributed by atoms with Crippen LogP contribution in [-0.2, 0) is 6.42 Å². The van der Waals surface area contributed by atoms with E-state index in [0.29, 0.717) is 0 Å². The maximum absolute atomic E-state index is 4.79. The SMILES string of the molecule is Cc1nc(-c2ccc(CCN3CCN(c4cnc5ccccc5n4)CC3)cc2)cs1. The Balaban J connectivity index is 1.14. The van der Waals surface area contributed by atoms with Crippen LogP contribution in [0.25, 0.3) is 22.3 Å². The summed E-state index contributed by atoms with van der Waals surface area (Å²) in [5.41, 5.74) is 5.59. The molecule has 1 aliphatic rings. The zero-order valence-corrected chi connectivity index (χ0v) is 18.0. The number of fused-ring (bicyclic) bond motifs is 1. The van der Waals surface area contributed by atoms with E-state index < -0.39 is 0 Å². The summed E-state index contributed by atoms with van der Waals surface area (Å²) in [4.78, 5) is 18.8. The van der Waals surface area contributed by atoms with Crippen molar-refractivity contribution in [3.63, 3.8) is 0 Å². The molecule has 5 rings (SSSR count). The van der Waals surface area contributed by atoms with Crippen LogP contribution in [0.2, 0.25) is 0 Å². The van der Waals surface area contributed by atoms with Gasteiger partial charge >= 0.3 is 0 Å². The van der Waals surface area contributed by atoms with Gasteiger partial charge in [0.2, 0.25) is 0 Å².